The minimum atomic E-state index is -3.06. The molecule has 0 bridgehead atoms. The number of halogens is 5. The van der Waals surface area contributed by atoms with Crippen molar-refractivity contribution in [3.8, 4) is 11.3 Å². The lowest BCUT2D eigenvalue weighted by Gasteiger charge is -2.33. The van der Waals surface area contributed by atoms with Crippen LogP contribution in [0.3, 0.4) is 0 Å². The maximum atomic E-state index is 14.3. The predicted octanol–water partition coefficient (Wildman–Crippen LogP) is 3.85. The minimum Gasteiger partial charge on any atom is -0.376 e. The number of fused-ring (bicyclic) bond motifs is 1. The molecule has 3 heterocycles. The molecule has 2 aliphatic heterocycles. The van der Waals surface area contributed by atoms with E-state index in [1.165, 1.54) is 0 Å². The SMILES string of the molecule is N[C@H]1C[C@@H]2CN(c3cc(C(F)F)c(-c4cc(F)cc(F)c4F)nn3)[C@@H](C[C@H]3COCCO3)[C@H]2C1. The predicted molar refractivity (Wildman–Crippen MR) is 113 cm³/mol. The van der Waals surface area contributed by atoms with Gasteiger partial charge in [0.15, 0.2) is 17.5 Å². The largest absolute Gasteiger partial charge is 0.376 e. The molecular weight excluding hydrogens is 459 g/mol. The molecule has 11 heteroatoms. The molecule has 3 aliphatic rings. The molecule has 3 fully saturated rings. The molecule has 1 saturated carbocycles. The molecule has 5 atom stereocenters. The van der Waals surface area contributed by atoms with E-state index >= 15 is 0 Å². The molecule has 0 unspecified atom stereocenters. The number of benzene rings is 1. The first-order chi connectivity index (χ1) is 16.3. The molecule has 1 aromatic heterocycles. The Labute approximate surface area is 193 Å². The van der Waals surface area contributed by atoms with E-state index in [4.69, 9.17) is 15.2 Å². The van der Waals surface area contributed by atoms with Gasteiger partial charge < -0.3 is 20.1 Å². The Morgan fingerprint density at radius 2 is 1.91 bits per heavy atom. The summed E-state index contributed by atoms with van der Waals surface area (Å²) in [6.07, 6.45) is -0.950. The maximum absolute atomic E-state index is 14.3. The lowest BCUT2D eigenvalue weighted by Crippen LogP contribution is -2.41. The second-order valence-corrected chi connectivity index (χ2v) is 9.23. The van der Waals surface area contributed by atoms with Gasteiger partial charge >= 0.3 is 0 Å². The van der Waals surface area contributed by atoms with Gasteiger partial charge in [-0.3, -0.25) is 0 Å². The third kappa shape index (κ3) is 4.36. The molecule has 1 aromatic carbocycles. The van der Waals surface area contributed by atoms with Crippen LogP contribution in [0.25, 0.3) is 11.3 Å². The topological polar surface area (TPSA) is 73.5 Å². The lowest BCUT2D eigenvalue weighted by molar-refractivity contribution is -0.0936. The average molecular weight is 484 g/mol. The summed E-state index contributed by atoms with van der Waals surface area (Å²) >= 11 is 0. The van der Waals surface area contributed by atoms with Gasteiger partial charge in [0.1, 0.15) is 11.5 Å². The van der Waals surface area contributed by atoms with Gasteiger partial charge in [-0.25, -0.2) is 22.0 Å². The fourth-order valence-electron chi connectivity index (χ4n) is 5.65. The summed E-state index contributed by atoms with van der Waals surface area (Å²) in [6, 6.07) is 2.14. The van der Waals surface area contributed by atoms with E-state index in [0.717, 1.165) is 18.9 Å². The van der Waals surface area contributed by atoms with Gasteiger partial charge in [0.25, 0.3) is 6.43 Å². The van der Waals surface area contributed by atoms with Crippen LogP contribution in [0, 0.1) is 29.3 Å². The van der Waals surface area contributed by atoms with Crippen LogP contribution in [0.2, 0.25) is 0 Å². The molecular formula is C23H25F5N4O2. The Morgan fingerprint density at radius 1 is 1.09 bits per heavy atom. The highest BCUT2D eigenvalue weighted by Crippen LogP contribution is 2.45. The van der Waals surface area contributed by atoms with E-state index in [0.29, 0.717) is 44.9 Å². The van der Waals surface area contributed by atoms with Crippen molar-refractivity contribution in [2.45, 2.75) is 43.9 Å². The monoisotopic (exact) mass is 484 g/mol. The summed E-state index contributed by atoms with van der Waals surface area (Å²) in [5.74, 6) is -3.32. The van der Waals surface area contributed by atoms with Crippen LogP contribution in [0.4, 0.5) is 27.8 Å². The van der Waals surface area contributed by atoms with Gasteiger partial charge in [-0.2, -0.15) is 0 Å². The Balaban J connectivity index is 1.50. The first-order valence-electron chi connectivity index (χ1n) is 11.3. The normalized spacial score (nSPS) is 29.1. The number of alkyl halides is 2. The average Bonchev–Trinajstić information content (AvgIpc) is 3.33. The second-order valence-electron chi connectivity index (χ2n) is 9.23. The minimum absolute atomic E-state index is 0.0701. The maximum Gasteiger partial charge on any atom is 0.266 e. The van der Waals surface area contributed by atoms with Gasteiger partial charge in [-0.1, -0.05) is 0 Å². The van der Waals surface area contributed by atoms with Gasteiger partial charge in [0, 0.05) is 35.8 Å². The van der Waals surface area contributed by atoms with Crippen LogP contribution in [0.15, 0.2) is 18.2 Å². The van der Waals surface area contributed by atoms with E-state index < -0.39 is 40.7 Å². The molecule has 2 saturated heterocycles. The number of rotatable bonds is 5. The number of nitrogens with zero attached hydrogens (tertiary/aromatic N) is 3. The molecule has 0 amide bonds. The number of anilines is 1. The fraction of sp³-hybridized carbons (Fsp3) is 0.565. The van der Waals surface area contributed by atoms with Crippen LogP contribution >= 0.6 is 0 Å². The van der Waals surface area contributed by atoms with Gasteiger partial charge in [0.2, 0.25) is 0 Å². The van der Waals surface area contributed by atoms with Crippen molar-refractivity contribution >= 4 is 5.82 Å². The van der Waals surface area contributed by atoms with Gasteiger partial charge in [-0.15, -0.1) is 10.2 Å². The number of hydrogen-bond acceptors (Lipinski definition) is 6. The second kappa shape index (κ2) is 9.35. The zero-order chi connectivity index (χ0) is 24.0. The van der Waals surface area contributed by atoms with Crippen LogP contribution in [0.1, 0.15) is 31.3 Å². The van der Waals surface area contributed by atoms with Crippen LogP contribution in [-0.2, 0) is 9.47 Å². The van der Waals surface area contributed by atoms with Crippen LogP contribution in [0.5, 0.6) is 0 Å². The molecule has 34 heavy (non-hydrogen) atoms. The van der Waals surface area contributed by atoms with Crippen molar-refractivity contribution in [3.63, 3.8) is 0 Å². The van der Waals surface area contributed by atoms with E-state index in [1.54, 1.807) is 0 Å². The summed E-state index contributed by atoms with van der Waals surface area (Å²) in [5.41, 5.74) is 4.27. The van der Waals surface area contributed by atoms with E-state index in [1.807, 2.05) is 4.90 Å². The summed E-state index contributed by atoms with van der Waals surface area (Å²) in [5, 5.41) is 7.92. The first kappa shape index (κ1) is 23.4. The smallest absolute Gasteiger partial charge is 0.266 e. The van der Waals surface area contributed by atoms with Crippen molar-refractivity contribution in [1.29, 1.82) is 0 Å². The molecule has 2 N–H and O–H groups in total. The highest BCUT2D eigenvalue weighted by Gasteiger charge is 2.48. The molecule has 0 spiro atoms. The van der Waals surface area contributed by atoms with E-state index in [-0.39, 0.29) is 35.8 Å². The third-order valence-corrected chi connectivity index (χ3v) is 7.09. The summed E-state index contributed by atoms with van der Waals surface area (Å²) in [6.45, 7) is 2.04. The fourth-order valence-corrected chi connectivity index (χ4v) is 5.65. The number of nitrogens with two attached hydrogens (primary N) is 1. The molecule has 184 valence electrons. The number of aromatic nitrogens is 2. The number of ether oxygens (including phenoxy) is 2. The Bertz CT molecular complexity index is 1050. The number of hydrogen-bond donors (Lipinski definition) is 1. The standard InChI is InChI=1S/C23H25F5N4O2/c24-12-4-16(21(26)18(25)5-12)22-17(23(27)28)8-20(30-31-22)32-9-11-3-13(29)6-15(11)19(32)7-14-10-33-1-2-34-14/h4-5,8,11,13-15,19,23H,1-3,6-7,9-10,29H2/t11-,13+,14+,15+,19+/m1/s1. The zero-order valence-electron chi connectivity index (χ0n) is 18.3. The summed E-state index contributed by atoms with van der Waals surface area (Å²) in [4.78, 5) is 1.93. The van der Waals surface area contributed by atoms with Crippen molar-refractivity contribution < 1.29 is 31.4 Å². The van der Waals surface area contributed by atoms with Crippen molar-refractivity contribution in [2.75, 3.05) is 31.3 Å². The van der Waals surface area contributed by atoms with Gasteiger partial charge in [0.05, 0.1) is 25.9 Å². The van der Waals surface area contributed by atoms with Crippen molar-refractivity contribution in [2.24, 2.45) is 17.6 Å². The zero-order valence-corrected chi connectivity index (χ0v) is 18.3. The van der Waals surface area contributed by atoms with Crippen LogP contribution in [-0.4, -0.2) is 54.8 Å². The highest BCUT2D eigenvalue weighted by atomic mass is 19.3. The van der Waals surface area contributed by atoms with E-state index in [9.17, 15) is 22.0 Å². The lowest BCUT2D eigenvalue weighted by atomic mass is 9.90. The summed E-state index contributed by atoms with van der Waals surface area (Å²) in [7, 11) is 0. The van der Waals surface area contributed by atoms with Crippen molar-refractivity contribution in [3.05, 3.63) is 41.2 Å². The molecule has 5 rings (SSSR count). The van der Waals surface area contributed by atoms with Crippen molar-refractivity contribution in [1.82, 2.24) is 10.2 Å². The van der Waals surface area contributed by atoms with Gasteiger partial charge in [-0.05, 0) is 43.2 Å². The molecule has 0 radical (unpaired) electrons. The van der Waals surface area contributed by atoms with E-state index in [2.05, 4.69) is 10.2 Å². The summed E-state index contributed by atoms with van der Waals surface area (Å²) < 4.78 is 81.1. The molecule has 2 aromatic rings. The Kier molecular flexibility index (Phi) is 6.43. The Hall–Kier alpha value is -2.37. The van der Waals surface area contributed by atoms with Crippen LogP contribution < -0.4 is 10.6 Å². The molecule has 6 nitrogen and oxygen atoms in total. The Morgan fingerprint density at radius 3 is 2.65 bits per heavy atom. The molecule has 1 aliphatic carbocycles. The first-order valence-corrected chi connectivity index (χ1v) is 11.3. The third-order valence-electron chi connectivity index (χ3n) is 7.09. The quantitative estimate of drug-likeness (QED) is 0.514. The highest BCUT2D eigenvalue weighted by molar-refractivity contribution is 5.66.